The van der Waals surface area contributed by atoms with Gasteiger partial charge in [0.1, 0.15) is 6.04 Å². The minimum Gasteiger partial charge on any atom is -0.353 e. The molecule has 5 heteroatoms. The number of rotatable bonds is 3. The molecule has 0 saturated carbocycles. The van der Waals surface area contributed by atoms with Crippen molar-refractivity contribution < 1.29 is 9.59 Å². The van der Waals surface area contributed by atoms with Gasteiger partial charge in [0.25, 0.3) is 0 Å². The lowest BCUT2D eigenvalue weighted by atomic mass is 10.0. The summed E-state index contributed by atoms with van der Waals surface area (Å²) in [6, 6.07) is 8.10. The van der Waals surface area contributed by atoms with Crippen molar-refractivity contribution in [2.24, 2.45) is 0 Å². The van der Waals surface area contributed by atoms with Gasteiger partial charge in [0, 0.05) is 18.2 Å². The molecule has 0 bridgehead atoms. The van der Waals surface area contributed by atoms with Crippen LogP contribution in [0.5, 0.6) is 0 Å². The first-order valence-electron chi connectivity index (χ1n) is 7.00. The van der Waals surface area contributed by atoms with Crippen molar-refractivity contribution in [2.45, 2.75) is 30.6 Å². The summed E-state index contributed by atoms with van der Waals surface area (Å²) >= 11 is 1.89. The molecule has 2 atom stereocenters. The summed E-state index contributed by atoms with van der Waals surface area (Å²) in [7, 11) is 0. The highest BCUT2D eigenvalue weighted by Crippen LogP contribution is 2.35. The Morgan fingerprint density at radius 1 is 1.35 bits per heavy atom. The predicted octanol–water partition coefficient (Wildman–Crippen LogP) is 1.41. The molecule has 0 aromatic heterocycles. The first-order chi connectivity index (χ1) is 9.74. The molecule has 2 aliphatic heterocycles. The molecule has 0 spiro atoms. The maximum atomic E-state index is 12.0. The summed E-state index contributed by atoms with van der Waals surface area (Å²) in [6.07, 6.45) is 2.17. The molecule has 20 heavy (non-hydrogen) atoms. The Bertz CT molecular complexity index is 532. The van der Waals surface area contributed by atoms with Crippen molar-refractivity contribution in [1.82, 2.24) is 10.6 Å². The molecule has 2 N–H and O–H groups in total. The number of hydrogen-bond donors (Lipinski definition) is 2. The van der Waals surface area contributed by atoms with E-state index in [-0.39, 0.29) is 17.9 Å². The topological polar surface area (TPSA) is 58.2 Å². The Balaban J connectivity index is 1.59. The van der Waals surface area contributed by atoms with Gasteiger partial charge in [-0.05, 0) is 29.7 Å². The van der Waals surface area contributed by atoms with E-state index in [9.17, 15) is 9.59 Å². The molecule has 1 aromatic carbocycles. The van der Waals surface area contributed by atoms with Crippen LogP contribution in [0.3, 0.4) is 0 Å². The van der Waals surface area contributed by atoms with E-state index in [0.717, 1.165) is 12.2 Å². The van der Waals surface area contributed by atoms with Crippen molar-refractivity contribution in [3.05, 3.63) is 35.4 Å². The number of thioether (sulfide) groups is 1. The fourth-order valence-corrected chi connectivity index (χ4v) is 4.01. The second kappa shape index (κ2) is 5.87. The van der Waals surface area contributed by atoms with E-state index in [2.05, 4.69) is 34.9 Å². The van der Waals surface area contributed by atoms with Crippen molar-refractivity contribution in [3.63, 3.8) is 0 Å². The third kappa shape index (κ3) is 2.82. The predicted molar refractivity (Wildman–Crippen MR) is 79.5 cm³/mol. The second-order valence-corrected chi connectivity index (χ2v) is 6.52. The standard InChI is InChI=1S/C15H18N2O2S/c18-14-6-5-12(17-14)15(19)16-9-13-11-4-2-1-3-10(11)7-8-20-13/h1-4,12-13H,5-9H2,(H,16,19)(H,17,18)/t12-,13?/m1/s1. The number of aryl methyl sites for hydroxylation is 1. The summed E-state index contributed by atoms with van der Waals surface area (Å²) in [5, 5.41) is 6.00. The van der Waals surface area contributed by atoms with Gasteiger partial charge in [0.2, 0.25) is 11.8 Å². The Labute approximate surface area is 122 Å². The molecular formula is C15H18N2O2S. The first-order valence-corrected chi connectivity index (χ1v) is 8.05. The number of carbonyl (C=O) groups excluding carboxylic acids is 2. The number of amides is 2. The van der Waals surface area contributed by atoms with Crippen LogP contribution >= 0.6 is 11.8 Å². The van der Waals surface area contributed by atoms with Gasteiger partial charge in [0.05, 0.1) is 0 Å². The molecule has 2 aliphatic rings. The molecule has 1 aromatic rings. The summed E-state index contributed by atoms with van der Waals surface area (Å²) in [4.78, 5) is 23.1. The van der Waals surface area contributed by atoms with Crippen LogP contribution in [0.4, 0.5) is 0 Å². The number of hydrogen-bond acceptors (Lipinski definition) is 3. The molecule has 3 rings (SSSR count). The van der Waals surface area contributed by atoms with Crippen LogP contribution < -0.4 is 10.6 Å². The summed E-state index contributed by atoms with van der Waals surface area (Å²) < 4.78 is 0. The van der Waals surface area contributed by atoms with Crippen LogP contribution in [0.15, 0.2) is 24.3 Å². The number of nitrogens with one attached hydrogen (secondary N) is 2. The quantitative estimate of drug-likeness (QED) is 0.885. The fraction of sp³-hybridized carbons (Fsp3) is 0.467. The van der Waals surface area contributed by atoms with Crippen LogP contribution in [-0.4, -0.2) is 30.2 Å². The summed E-state index contributed by atoms with van der Waals surface area (Å²) in [5.74, 6) is 1.01. The molecular weight excluding hydrogens is 272 g/mol. The van der Waals surface area contributed by atoms with Crippen LogP contribution in [-0.2, 0) is 16.0 Å². The zero-order valence-electron chi connectivity index (χ0n) is 11.2. The molecule has 0 aliphatic carbocycles. The van der Waals surface area contributed by atoms with Gasteiger partial charge in [0.15, 0.2) is 0 Å². The van der Waals surface area contributed by atoms with Crippen LogP contribution in [0.1, 0.15) is 29.2 Å². The Hall–Kier alpha value is -1.49. The third-order valence-corrected chi connectivity index (χ3v) is 5.13. The van der Waals surface area contributed by atoms with E-state index in [1.54, 1.807) is 0 Å². The van der Waals surface area contributed by atoms with Crippen molar-refractivity contribution in [2.75, 3.05) is 12.3 Å². The number of benzene rings is 1. The van der Waals surface area contributed by atoms with E-state index in [0.29, 0.717) is 24.6 Å². The zero-order valence-corrected chi connectivity index (χ0v) is 12.0. The smallest absolute Gasteiger partial charge is 0.242 e. The highest BCUT2D eigenvalue weighted by Gasteiger charge is 2.28. The molecule has 2 amide bonds. The SMILES string of the molecule is O=C1CC[C@H](C(=O)NCC2SCCc3ccccc32)N1. The summed E-state index contributed by atoms with van der Waals surface area (Å²) in [5.41, 5.74) is 2.72. The lowest BCUT2D eigenvalue weighted by Crippen LogP contribution is -2.42. The highest BCUT2D eigenvalue weighted by atomic mass is 32.2. The largest absolute Gasteiger partial charge is 0.353 e. The Kier molecular flexibility index (Phi) is 3.96. The monoisotopic (exact) mass is 290 g/mol. The number of carbonyl (C=O) groups is 2. The normalized spacial score (nSPS) is 24.9. The van der Waals surface area contributed by atoms with E-state index in [1.807, 2.05) is 11.8 Å². The number of fused-ring (bicyclic) bond motifs is 1. The maximum absolute atomic E-state index is 12.0. The Morgan fingerprint density at radius 3 is 3.00 bits per heavy atom. The van der Waals surface area contributed by atoms with Gasteiger partial charge < -0.3 is 10.6 Å². The van der Waals surface area contributed by atoms with Gasteiger partial charge in [-0.2, -0.15) is 11.8 Å². The van der Waals surface area contributed by atoms with Crippen molar-refractivity contribution >= 4 is 23.6 Å². The molecule has 1 saturated heterocycles. The molecule has 1 unspecified atom stereocenters. The summed E-state index contributed by atoms with van der Waals surface area (Å²) in [6.45, 7) is 0.632. The minimum atomic E-state index is -0.341. The molecule has 106 valence electrons. The molecule has 0 radical (unpaired) electrons. The zero-order chi connectivity index (χ0) is 13.9. The maximum Gasteiger partial charge on any atom is 0.242 e. The van der Waals surface area contributed by atoms with Gasteiger partial charge in [-0.25, -0.2) is 0 Å². The van der Waals surface area contributed by atoms with Gasteiger partial charge >= 0.3 is 0 Å². The van der Waals surface area contributed by atoms with Gasteiger partial charge in [-0.15, -0.1) is 0 Å². The van der Waals surface area contributed by atoms with E-state index in [4.69, 9.17) is 0 Å². The van der Waals surface area contributed by atoms with Gasteiger partial charge in [-0.1, -0.05) is 24.3 Å². The minimum absolute atomic E-state index is 0.0254. The third-order valence-electron chi connectivity index (χ3n) is 3.87. The van der Waals surface area contributed by atoms with Gasteiger partial charge in [-0.3, -0.25) is 9.59 Å². The average molecular weight is 290 g/mol. The van der Waals surface area contributed by atoms with Crippen LogP contribution in [0, 0.1) is 0 Å². The molecule has 1 fully saturated rings. The lowest BCUT2D eigenvalue weighted by Gasteiger charge is -2.25. The fourth-order valence-electron chi connectivity index (χ4n) is 2.77. The first kappa shape index (κ1) is 13.5. The van der Waals surface area contributed by atoms with Crippen molar-refractivity contribution in [1.29, 1.82) is 0 Å². The van der Waals surface area contributed by atoms with E-state index >= 15 is 0 Å². The Morgan fingerprint density at radius 2 is 2.20 bits per heavy atom. The van der Waals surface area contributed by atoms with Crippen LogP contribution in [0.2, 0.25) is 0 Å². The second-order valence-electron chi connectivity index (χ2n) is 5.21. The molecule has 2 heterocycles. The average Bonchev–Trinajstić information content (AvgIpc) is 2.91. The van der Waals surface area contributed by atoms with E-state index in [1.165, 1.54) is 11.1 Å². The molecule has 4 nitrogen and oxygen atoms in total. The highest BCUT2D eigenvalue weighted by molar-refractivity contribution is 7.99. The van der Waals surface area contributed by atoms with Crippen LogP contribution in [0.25, 0.3) is 0 Å². The van der Waals surface area contributed by atoms with E-state index < -0.39 is 0 Å². The lowest BCUT2D eigenvalue weighted by molar-refractivity contribution is -0.125. The van der Waals surface area contributed by atoms with Crippen molar-refractivity contribution in [3.8, 4) is 0 Å².